The molecule has 0 aliphatic carbocycles. The quantitative estimate of drug-likeness (QED) is 0.728. The standard InChI is InChI=1S/C18H19ClN4O/c1-11(2)22(3)18(24)12-9-15-17(20-10-12)23(4)16(21-15)13-7-5-6-8-14(13)19/h5-11H,1-4H3. The van der Waals surface area contributed by atoms with Gasteiger partial charge in [-0.25, -0.2) is 9.97 Å². The van der Waals surface area contributed by atoms with E-state index in [0.717, 1.165) is 11.4 Å². The largest absolute Gasteiger partial charge is 0.339 e. The van der Waals surface area contributed by atoms with Gasteiger partial charge in [-0.05, 0) is 32.0 Å². The molecular formula is C18H19ClN4O. The Morgan fingerprint density at radius 2 is 2.00 bits per heavy atom. The molecule has 2 heterocycles. The molecule has 0 aliphatic rings. The van der Waals surface area contributed by atoms with E-state index in [-0.39, 0.29) is 11.9 Å². The molecule has 2 aromatic heterocycles. The number of carbonyl (C=O) groups is 1. The third kappa shape index (κ3) is 2.76. The summed E-state index contributed by atoms with van der Waals surface area (Å²) in [7, 11) is 3.67. The predicted octanol–water partition coefficient (Wildman–Crippen LogP) is 3.77. The van der Waals surface area contributed by atoms with Gasteiger partial charge in [-0.3, -0.25) is 4.79 Å². The molecule has 0 unspecified atom stereocenters. The van der Waals surface area contributed by atoms with Gasteiger partial charge in [0.05, 0.1) is 10.6 Å². The van der Waals surface area contributed by atoms with Gasteiger partial charge >= 0.3 is 0 Å². The lowest BCUT2D eigenvalue weighted by Gasteiger charge is -2.21. The van der Waals surface area contributed by atoms with E-state index in [0.29, 0.717) is 21.7 Å². The highest BCUT2D eigenvalue weighted by atomic mass is 35.5. The maximum absolute atomic E-state index is 12.5. The Labute approximate surface area is 145 Å². The molecule has 0 atom stereocenters. The molecule has 1 amide bonds. The number of rotatable bonds is 3. The number of halogens is 1. The molecule has 0 radical (unpaired) electrons. The number of nitrogens with zero attached hydrogens (tertiary/aromatic N) is 4. The number of pyridine rings is 1. The molecule has 3 rings (SSSR count). The minimum atomic E-state index is -0.0654. The molecule has 5 nitrogen and oxygen atoms in total. The second-order valence-corrected chi connectivity index (χ2v) is 6.46. The van der Waals surface area contributed by atoms with Crippen LogP contribution in [0.1, 0.15) is 24.2 Å². The average molecular weight is 343 g/mol. The lowest BCUT2D eigenvalue weighted by molar-refractivity contribution is 0.0754. The smallest absolute Gasteiger partial charge is 0.255 e. The van der Waals surface area contributed by atoms with Gasteiger partial charge in [0.1, 0.15) is 11.3 Å². The van der Waals surface area contributed by atoms with Crippen LogP contribution in [0.5, 0.6) is 0 Å². The fourth-order valence-electron chi connectivity index (χ4n) is 2.51. The second kappa shape index (κ2) is 6.24. The summed E-state index contributed by atoms with van der Waals surface area (Å²) >= 11 is 6.28. The van der Waals surface area contributed by atoms with Crippen molar-refractivity contribution in [1.29, 1.82) is 0 Å². The highest BCUT2D eigenvalue weighted by Gasteiger charge is 2.18. The van der Waals surface area contributed by atoms with Crippen molar-refractivity contribution >= 4 is 28.7 Å². The van der Waals surface area contributed by atoms with Crippen LogP contribution in [0.25, 0.3) is 22.6 Å². The average Bonchev–Trinajstić information content (AvgIpc) is 2.90. The number of imidazole rings is 1. The SMILES string of the molecule is CC(C)N(C)C(=O)c1cnc2c(c1)nc(-c1ccccc1Cl)n2C. The van der Waals surface area contributed by atoms with Crippen molar-refractivity contribution in [2.45, 2.75) is 19.9 Å². The summed E-state index contributed by atoms with van der Waals surface area (Å²) in [6.45, 7) is 3.94. The third-order valence-corrected chi connectivity index (χ3v) is 4.50. The molecule has 124 valence electrons. The van der Waals surface area contributed by atoms with Crippen LogP contribution < -0.4 is 0 Å². The summed E-state index contributed by atoms with van der Waals surface area (Å²) in [6, 6.07) is 9.45. The summed E-state index contributed by atoms with van der Waals surface area (Å²) in [5, 5.41) is 0.631. The van der Waals surface area contributed by atoms with Crippen molar-refractivity contribution < 1.29 is 4.79 Å². The Morgan fingerprint density at radius 1 is 1.29 bits per heavy atom. The van der Waals surface area contributed by atoms with Crippen molar-refractivity contribution in [2.24, 2.45) is 7.05 Å². The molecule has 0 bridgehead atoms. The summed E-state index contributed by atoms with van der Waals surface area (Å²) < 4.78 is 1.89. The van der Waals surface area contributed by atoms with Gasteiger partial charge in [0, 0.05) is 31.9 Å². The highest BCUT2D eigenvalue weighted by Crippen LogP contribution is 2.29. The van der Waals surface area contributed by atoms with Crippen LogP contribution in [0.2, 0.25) is 5.02 Å². The molecular weight excluding hydrogens is 324 g/mol. The van der Waals surface area contributed by atoms with Crippen LogP contribution in [0.3, 0.4) is 0 Å². The van der Waals surface area contributed by atoms with Gasteiger partial charge in [0.25, 0.3) is 5.91 Å². The minimum Gasteiger partial charge on any atom is -0.339 e. The Kier molecular flexibility index (Phi) is 4.28. The Bertz CT molecular complexity index is 917. The topological polar surface area (TPSA) is 51.0 Å². The zero-order valence-corrected chi connectivity index (χ0v) is 14.9. The first kappa shape index (κ1) is 16.5. The van der Waals surface area contributed by atoms with E-state index < -0.39 is 0 Å². The van der Waals surface area contributed by atoms with E-state index in [4.69, 9.17) is 11.6 Å². The van der Waals surface area contributed by atoms with E-state index in [1.165, 1.54) is 0 Å². The first-order chi connectivity index (χ1) is 11.4. The van der Waals surface area contributed by atoms with Gasteiger partial charge in [0.2, 0.25) is 0 Å². The van der Waals surface area contributed by atoms with Crippen molar-refractivity contribution in [3.63, 3.8) is 0 Å². The molecule has 0 saturated heterocycles. The summed E-state index contributed by atoms with van der Waals surface area (Å²) in [4.78, 5) is 23.2. The number of fused-ring (bicyclic) bond motifs is 1. The van der Waals surface area contributed by atoms with E-state index in [1.54, 1.807) is 24.2 Å². The van der Waals surface area contributed by atoms with E-state index >= 15 is 0 Å². The molecule has 0 spiro atoms. The molecule has 0 fully saturated rings. The van der Waals surface area contributed by atoms with Crippen molar-refractivity contribution in [1.82, 2.24) is 19.4 Å². The lowest BCUT2D eigenvalue weighted by atomic mass is 10.2. The van der Waals surface area contributed by atoms with Crippen LogP contribution in [-0.2, 0) is 7.05 Å². The summed E-state index contributed by atoms with van der Waals surface area (Å²) in [5.41, 5.74) is 2.76. The molecule has 1 aromatic carbocycles. The molecule has 3 aromatic rings. The zero-order valence-electron chi connectivity index (χ0n) is 14.1. The Hall–Kier alpha value is -2.40. The number of aryl methyl sites for hydroxylation is 1. The normalized spacial score (nSPS) is 11.2. The zero-order chi connectivity index (χ0) is 17.4. The summed E-state index contributed by atoms with van der Waals surface area (Å²) in [5.74, 6) is 0.661. The number of amides is 1. The molecule has 6 heteroatoms. The fourth-order valence-corrected chi connectivity index (χ4v) is 2.73. The van der Waals surface area contributed by atoms with Crippen LogP contribution in [0, 0.1) is 0 Å². The van der Waals surface area contributed by atoms with Crippen LogP contribution in [-0.4, -0.2) is 38.4 Å². The Morgan fingerprint density at radius 3 is 2.67 bits per heavy atom. The van der Waals surface area contributed by atoms with E-state index in [2.05, 4.69) is 9.97 Å². The van der Waals surface area contributed by atoms with Crippen molar-refractivity contribution in [3.8, 4) is 11.4 Å². The molecule has 24 heavy (non-hydrogen) atoms. The lowest BCUT2D eigenvalue weighted by Crippen LogP contribution is -2.33. The predicted molar refractivity (Wildman–Crippen MR) is 96.2 cm³/mol. The van der Waals surface area contributed by atoms with Gasteiger partial charge < -0.3 is 9.47 Å². The Balaban J connectivity index is 2.09. The van der Waals surface area contributed by atoms with Gasteiger partial charge in [0.15, 0.2) is 5.65 Å². The second-order valence-electron chi connectivity index (χ2n) is 6.05. The number of benzene rings is 1. The first-order valence-corrected chi connectivity index (χ1v) is 8.12. The van der Waals surface area contributed by atoms with E-state index in [1.807, 2.05) is 49.7 Å². The van der Waals surface area contributed by atoms with Crippen molar-refractivity contribution in [3.05, 3.63) is 47.1 Å². The number of hydrogen-bond donors (Lipinski definition) is 0. The molecule has 0 aliphatic heterocycles. The van der Waals surface area contributed by atoms with Gasteiger partial charge in [-0.15, -0.1) is 0 Å². The number of hydrogen-bond acceptors (Lipinski definition) is 3. The first-order valence-electron chi connectivity index (χ1n) is 7.74. The number of aromatic nitrogens is 3. The molecule has 0 saturated carbocycles. The van der Waals surface area contributed by atoms with Gasteiger partial charge in [-0.2, -0.15) is 0 Å². The van der Waals surface area contributed by atoms with Gasteiger partial charge in [-0.1, -0.05) is 23.7 Å². The van der Waals surface area contributed by atoms with E-state index in [9.17, 15) is 4.79 Å². The van der Waals surface area contributed by atoms with Crippen LogP contribution in [0.4, 0.5) is 0 Å². The monoisotopic (exact) mass is 342 g/mol. The van der Waals surface area contributed by atoms with Crippen LogP contribution in [0.15, 0.2) is 36.5 Å². The molecule has 0 N–H and O–H groups in total. The maximum Gasteiger partial charge on any atom is 0.255 e. The van der Waals surface area contributed by atoms with Crippen LogP contribution >= 0.6 is 11.6 Å². The fraction of sp³-hybridized carbons (Fsp3) is 0.278. The van der Waals surface area contributed by atoms with Crippen molar-refractivity contribution in [2.75, 3.05) is 7.05 Å². The maximum atomic E-state index is 12.5. The minimum absolute atomic E-state index is 0.0654. The highest BCUT2D eigenvalue weighted by molar-refractivity contribution is 6.33. The summed E-state index contributed by atoms with van der Waals surface area (Å²) in [6.07, 6.45) is 1.60. The third-order valence-electron chi connectivity index (χ3n) is 4.17. The number of carbonyl (C=O) groups excluding carboxylic acids is 1.